The van der Waals surface area contributed by atoms with Crippen LogP contribution in [0.5, 0.6) is 0 Å². The van der Waals surface area contributed by atoms with Gasteiger partial charge in [-0.3, -0.25) is 9.59 Å². The number of rotatable bonds is 5. The van der Waals surface area contributed by atoms with Crippen molar-refractivity contribution in [2.24, 2.45) is 11.1 Å². The topological polar surface area (TPSA) is 80.4 Å². The molecule has 0 amide bonds. The zero-order chi connectivity index (χ0) is 10.6. The molecule has 13 heavy (non-hydrogen) atoms. The number of ketones is 1. The molecule has 0 aliphatic carbocycles. The predicted molar refractivity (Wildman–Crippen MR) is 49.3 cm³/mol. The van der Waals surface area contributed by atoms with Crippen LogP contribution in [0.4, 0.5) is 0 Å². The van der Waals surface area contributed by atoms with Gasteiger partial charge in [0.1, 0.15) is 11.8 Å². The monoisotopic (exact) mass is 187 g/mol. The molecule has 0 heterocycles. The van der Waals surface area contributed by atoms with Crippen molar-refractivity contribution >= 4 is 11.8 Å². The van der Waals surface area contributed by atoms with Crippen LogP contribution in [-0.2, 0) is 9.59 Å². The highest BCUT2D eigenvalue weighted by Crippen LogP contribution is 2.22. The molecule has 0 aromatic heterocycles. The molecule has 0 saturated carbocycles. The van der Waals surface area contributed by atoms with Crippen LogP contribution < -0.4 is 5.73 Å². The molecule has 76 valence electrons. The van der Waals surface area contributed by atoms with Crippen LogP contribution in [0.3, 0.4) is 0 Å². The van der Waals surface area contributed by atoms with Gasteiger partial charge < -0.3 is 10.8 Å². The molecule has 0 bridgehead atoms. The number of carboxylic acids is 1. The second kappa shape index (κ2) is 4.37. The molecule has 0 fully saturated rings. The third kappa shape index (κ3) is 3.55. The van der Waals surface area contributed by atoms with Crippen molar-refractivity contribution in [2.75, 3.05) is 0 Å². The van der Waals surface area contributed by atoms with E-state index in [9.17, 15) is 9.59 Å². The molecule has 0 aliphatic heterocycles. The molecule has 0 saturated heterocycles. The summed E-state index contributed by atoms with van der Waals surface area (Å²) in [5.41, 5.74) is 4.78. The maximum absolute atomic E-state index is 11.5. The molecule has 0 aromatic rings. The van der Waals surface area contributed by atoms with E-state index in [1.807, 2.05) is 6.92 Å². The maximum atomic E-state index is 11.5. The average Bonchev–Trinajstić information content (AvgIpc) is 2.04. The van der Waals surface area contributed by atoms with Crippen molar-refractivity contribution < 1.29 is 14.7 Å². The summed E-state index contributed by atoms with van der Waals surface area (Å²) < 4.78 is 0. The Hall–Kier alpha value is -0.900. The lowest BCUT2D eigenvalue weighted by Crippen LogP contribution is -2.36. The minimum atomic E-state index is -1.12. The average molecular weight is 187 g/mol. The fourth-order valence-corrected chi connectivity index (χ4v) is 0.761. The van der Waals surface area contributed by atoms with Crippen LogP contribution in [-0.4, -0.2) is 22.9 Å². The predicted octanol–water partition coefficient (Wildman–Crippen LogP) is 0.794. The Kier molecular flexibility index (Phi) is 4.07. The van der Waals surface area contributed by atoms with Crippen LogP contribution >= 0.6 is 0 Å². The Morgan fingerprint density at radius 1 is 1.46 bits per heavy atom. The number of hydrogen-bond acceptors (Lipinski definition) is 3. The van der Waals surface area contributed by atoms with Gasteiger partial charge in [0.05, 0.1) is 0 Å². The van der Waals surface area contributed by atoms with E-state index in [0.717, 1.165) is 0 Å². The lowest BCUT2D eigenvalue weighted by molar-refractivity contribution is -0.141. The van der Waals surface area contributed by atoms with Gasteiger partial charge in [-0.05, 0) is 6.42 Å². The van der Waals surface area contributed by atoms with Gasteiger partial charge >= 0.3 is 5.97 Å². The van der Waals surface area contributed by atoms with E-state index in [2.05, 4.69) is 0 Å². The largest absolute Gasteiger partial charge is 0.480 e. The van der Waals surface area contributed by atoms with E-state index in [4.69, 9.17) is 10.8 Å². The van der Waals surface area contributed by atoms with Crippen molar-refractivity contribution in [3.63, 3.8) is 0 Å². The van der Waals surface area contributed by atoms with Gasteiger partial charge in [0, 0.05) is 11.8 Å². The van der Waals surface area contributed by atoms with Gasteiger partial charge in [-0.15, -0.1) is 0 Å². The Bertz CT molecular complexity index is 211. The molecule has 1 atom stereocenters. The van der Waals surface area contributed by atoms with E-state index in [1.54, 1.807) is 13.8 Å². The zero-order valence-corrected chi connectivity index (χ0v) is 8.33. The summed E-state index contributed by atoms with van der Waals surface area (Å²) in [6, 6.07) is -1.07. The summed E-state index contributed by atoms with van der Waals surface area (Å²) in [6.07, 6.45) is 0.606. The van der Waals surface area contributed by atoms with E-state index < -0.39 is 17.4 Å². The SMILES string of the molecule is CCC(C)(C)C(=O)C[C@H](N)C(=O)O. The molecule has 0 radical (unpaired) electrons. The summed E-state index contributed by atoms with van der Waals surface area (Å²) in [6.45, 7) is 5.48. The lowest BCUT2D eigenvalue weighted by Gasteiger charge is -2.21. The first kappa shape index (κ1) is 12.1. The summed E-state index contributed by atoms with van der Waals surface area (Å²) in [5, 5.41) is 8.49. The fourth-order valence-electron chi connectivity index (χ4n) is 0.761. The van der Waals surface area contributed by atoms with Crippen LogP contribution in [0.2, 0.25) is 0 Å². The Balaban J connectivity index is 4.23. The number of carboxylic acid groups (broad SMARTS) is 1. The summed E-state index contributed by atoms with van der Waals surface area (Å²) in [4.78, 5) is 21.8. The Labute approximate surface area is 78.1 Å². The minimum absolute atomic E-state index is 0.0871. The molecule has 3 N–H and O–H groups in total. The molecule has 4 nitrogen and oxygen atoms in total. The number of hydrogen-bond donors (Lipinski definition) is 2. The molecule has 0 spiro atoms. The molecular weight excluding hydrogens is 170 g/mol. The van der Waals surface area contributed by atoms with Crippen LogP contribution in [0, 0.1) is 5.41 Å². The molecule has 4 heteroatoms. The second-order valence-corrected chi connectivity index (χ2v) is 3.81. The van der Waals surface area contributed by atoms with Crippen molar-refractivity contribution in [3.05, 3.63) is 0 Å². The first-order valence-corrected chi connectivity index (χ1v) is 4.33. The summed E-state index contributed by atoms with van der Waals surface area (Å²) >= 11 is 0. The molecule has 0 aliphatic rings. The third-order valence-electron chi connectivity index (χ3n) is 2.36. The summed E-state index contributed by atoms with van der Waals surface area (Å²) in [7, 11) is 0. The van der Waals surface area contributed by atoms with Crippen LogP contribution in [0.1, 0.15) is 33.6 Å². The number of nitrogens with two attached hydrogens (primary N) is 1. The van der Waals surface area contributed by atoms with E-state index in [1.165, 1.54) is 0 Å². The van der Waals surface area contributed by atoms with Crippen molar-refractivity contribution in [2.45, 2.75) is 39.7 Å². The number of Topliss-reactive ketones (excluding diaryl/α,β-unsaturated/α-hetero) is 1. The van der Waals surface area contributed by atoms with Crippen molar-refractivity contribution in [1.82, 2.24) is 0 Å². The quantitative estimate of drug-likeness (QED) is 0.667. The molecular formula is C9H17NO3. The smallest absolute Gasteiger partial charge is 0.320 e. The standard InChI is InChI=1S/C9H17NO3/c1-4-9(2,3)7(11)5-6(10)8(12)13/h6H,4-5,10H2,1-3H3,(H,12,13)/t6-/m0/s1. The van der Waals surface area contributed by atoms with Crippen molar-refractivity contribution in [1.29, 1.82) is 0 Å². The highest BCUT2D eigenvalue weighted by atomic mass is 16.4. The van der Waals surface area contributed by atoms with Gasteiger partial charge in [-0.25, -0.2) is 0 Å². The van der Waals surface area contributed by atoms with Gasteiger partial charge in [0.2, 0.25) is 0 Å². The fraction of sp³-hybridized carbons (Fsp3) is 0.778. The lowest BCUT2D eigenvalue weighted by atomic mass is 9.82. The van der Waals surface area contributed by atoms with Gasteiger partial charge in [-0.1, -0.05) is 20.8 Å². The van der Waals surface area contributed by atoms with E-state index in [0.29, 0.717) is 6.42 Å². The van der Waals surface area contributed by atoms with E-state index in [-0.39, 0.29) is 12.2 Å². The first-order chi connectivity index (χ1) is 5.81. The minimum Gasteiger partial charge on any atom is -0.480 e. The highest BCUT2D eigenvalue weighted by Gasteiger charge is 2.28. The first-order valence-electron chi connectivity index (χ1n) is 4.33. The van der Waals surface area contributed by atoms with Gasteiger partial charge in [0.25, 0.3) is 0 Å². The number of carbonyl (C=O) groups is 2. The van der Waals surface area contributed by atoms with Gasteiger partial charge in [0.15, 0.2) is 0 Å². The normalized spacial score (nSPS) is 13.8. The highest BCUT2D eigenvalue weighted by molar-refractivity contribution is 5.89. The Morgan fingerprint density at radius 3 is 2.23 bits per heavy atom. The van der Waals surface area contributed by atoms with Crippen LogP contribution in [0.25, 0.3) is 0 Å². The third-order valence-corrected chi connectivity index (χ3v) is 2.36. The van der Waals surface area contributed by atoms with Crippen molar-refractivity contribution in [3.8, 4) is 0 Å². The molecule has 0 rings (SSSR count). The van der Waals surface area contributed by atoms with Gasteiger partial charge in [-0.2, -0.15) is 0 Å². The molecule has 0 aromatic carbocycles. The molecule has 0 unspecified atom stereocenters. The van der Waals surface area contributed by atoms with E-state index >= 15 is 0 Å². The number of carbonyl (C=O) groups excluding carboxylic acids is 1. The Morgan fingerprint density at radius 2 is 1.92 bits per heavy atom. The second-order valence-electron chi connectivity index (χ2n) is 3.81. The number of aliphatic carboxylic acids is 1. The maximum Gasteiger partial charge on any atom is 0.320 e. The zero-order valence-electron chi connectivity index (χ0n) is 8.33. The van der Waals surface area contributed by atoms with Crippen LogP contribution in [0.15, 0.2) is 0 Å². The summed E-state index contributed by atoms with van der Waals surface area (Å²) in [5.74, 6) is -1.22.